The number of amides is 1. The fraction of sp³-hybridized carbons (Fsp3) is 0.160. The van der Waals surface area contributed by atoms with Crippen molar-refractivity contribution >= 4 is 39.7 Å². The van der Waals surface area contributed by atoms with Crippen LogP contribution in [0.25, 0.3) is 0 Å². The molecule has 3 rings (SSSR count). The largest absolute Gasteiger partial charge is 0.493 e. The number of esters is 1. The molecule has 0 atom stereocenters. The van der Waals surface area contributed by atoms with Crippen molar-refractivity contribution in [2.45, 2.75) is 13.8 Å². The van der Waals surface area contributed by atoms with Gasteiger partial charge >= 0.3 is 5.97 Å². The Morgan fingerprint density at radius 3 is 2.27 bits per heavy atom. The fourth-order valence-electron chi connectivity index (χ4n) is 2.83. The molecule has 0 fully saturated rings. The number of rotatable bonds is 8. The predicted molar refractivity (Wildman–Crippen MR) is 132 cm³/mol. The van der Waals surface area contributed by atoms with E-state index in [4.69, 9.17) is 9.47 Å². The number of hydrazone groups is 1. The van der Waals surface area contributed by atoms with E-state index in [1.165, 1.54) is 13.3 Å². The summed E-state index contributed by atoms with van der Waals surface area (Å²) in [4.78, 5) is 24.5. The van der Waals surface area contributed by atoms with Gasteiger partial charge in [0.25, 0.3) is 5.91 Å². The van der Waals surface area contributed by atoms with E-state index in [-0.39, 0.29) is 18.2 Å². The topological polar surface area (TPSA) is 89.0 Å². The third-order valence-electron chi connectivity index (χ3n) is 4.64. The molecule has 0 saturated carbocycles. The molecule has 0 bridgehead atoms. The predicted octanol–water partition coefficient (Wildman–Crippen LogP) is 4.86. The summed E-state index contributed by atoms with van der Waals surface area (Å²) < 4.78 is 11.4. The fourth-order valence-corrected chi connectivity index (χ4v) is 3.37. The molecule has 0 aliphatic rings. The molecule has 0 spiro atoms. The molecule has 33 heavy (non-hydrogen) atoms. The maximum atomic E-state index is 12.5. The van der Waals surface area contributed by atoms with Gasteiger partial charge in [-0.25, -0.2) is 10.2 Å². The molecule has 0 aliphatic carbocycles. The minimum Gasteiger partial charge on any atom is -0.493 e. The van der Waals surface area contributed by atoms with Gasteiger partial charge in [-0.15, -0.1) is 0 Å². The van der Waals surface area contributed by atoms with Gasteiger partial charge in [0.2, 0.25) is 0 Å². The van der Waals surface area contributed by atoms with Gasteiger partial charge in [0.15, 0.2) is 11.5 Å². The van der Waals surface area contributed by atoms with Gasteiger partial charge in [-0.1, -0.05) is 35.4 Å². The van der Waals surface area contributed by atoms with Crippen molar-refractivity contribution in [3.8, 4) is 11.5 Å². The maximum absolute atomic E-state index is 12.5. The Morgan fingerprint density at radius 1 is 1.00 bits per heavy atom. The van der Waals surface area contributed by atoms with Gasteiger partial charge in [0.05, 0.1) is 29.9 Å². The van der Waals surface area contributed by atoms with Crippen LogP contribution in [0.3, 0.4) is 0 Å². The highest BCUT2D eigenvalue weighted by Crippen LogP contribution is 2.36. The van der Waals surface area contributed by atoms with Crippen molar-refractivity contribution in [3.05, 3.63) is 87.4 Å². The molecule has 8 heteroatoms. The van der Waals surface area contributed by atoms with Crippen LogP contribution in [-0.2, 0) is 4.79 Å². The quantitative estimate of drug-likeness (QED) is 0.196. The number of carbonyl (C=O) groups excluding carboxylic acids is 2. The molecule has 3 aromatic rings. The Labute approximate surface area is 200 Å². The van der Waals surface area contributed by atoms with E-state index >= 15 is 0 Å². The molecule has 3 aromatic carbocycles. The normalized spacial score (nSPS) is 10.7. The Hall–Kier alpha value is -3.65. The summed E-state index contributed by atoms with van der Waals surface area (Å²) in [5.41, 5.74) is 6.59. The number of nitrogens with one attached hydrogen (secondary N) is 2. The molecule has 0 heterocycles. The highest BCUT2D eigenvalue weighted by atomic mass is 79.9. The average Bonchev–Trinajstić information content (AvgIpc) is 2.80. The minimum atomic E-state index is -0.497. The summed E-state index contributed by atoms with van der Waals surface area (Å²) in [6.07, 6.45) is 1.47. The number of ether oxygens (including phenoxy) is 2. The van der Waals surface area contributed by atoms with E-state index in [1.807, 2.05) is 50.2 Å². The number of hydrogen-bond donors (Lipinski definition) is 2. The molecular weight excluding hydrogens is 486 g/mol. The molecule has 2 N–H and O–H groups in total. The Morgan fingerprint density at radius 2 is 1.64 bits per heavy atom. The number of aryl methyl sites for hydroxylation is 2. The zero-order valence-electron chi connectivity index (χ0n) is 18.5. The van der Waals surface area contributed by atoms with Crippen molar-refractivity contribution in [2.75, 3.05) is 19.0 Å². The van der Waals surface area contributed by atoms with E-state index in [0.29, 0.717) is 21.3 Å². The summed E-state index contributed by atoms with van der Waals surface area (Å²) in [7, 11) is 1.48. The van der Waals surface area contributed by atoms with E-state index < -0.39 is 5.97 Å². The summed E-state index contributed by atoms with van der Waals surface area (Å²) >= 11 is 3.41. The monoisotopic (exact) mass is 509 g/mol. The number of benzene rings is 3. The van der Waals surface area contributed by atoms with Crippen molar-refractivity contribution < 1.29 is 19.1 Å². The van der Waals surface area contributed by atoms with Crippen LogP contribution in [0.4, 0.5) is 5.69 Å². The number of anilines is 1. The first-order chi connectivity index (χ1) is 15.9. The van der Waals surface area contributed by atoms with Crippen molar-refractivity contribution in [2.24, 2.45) is 5.10 Å². The van der Waals surface area contributed by atoms with Crippen molar-refractivity contribution in [1.82, 2.24) is 5.43 Å². The van der Waals surface area contributed by atoms with Crippen LogP contribution in [0.15, 0.2) is 70.2 Å². The zero-order chi connectivity index (χ0) is 23.8. The number of carbonyl (C=O) groups is 2. The third kappa shape index (κ3) is 6.92. The average molecular weight is 510 g/mol. The summed E-state index contributed by atoms with van der Waals surface area (Å²) in [5.74, 6) is -0.185. The first kappa shape index (κ1) is 24.0. The number of methoxy groups -OCH3 is 1. The standard InChI is InChI=1S/C25H24BrN3O4/c1-16-4-8-19(9-5-16)25(31)33-24-21(26)12-18(13-22(24)32-3)14-28-29-23(30)15-27-20-10-6-17(2)7-11-20/h4-14,27H,15H2,1-3H3,(H,29,30)/b28-14-. The second-order valence-electron chi connectivity index (χ2n) is 7.30. The summed E-state index contributed by atoms with van der Waals surface area (Å²) in [5, 5.41) is 7.01. The van der Waals surface area contributed by atoms with Crippen molar-refractivity contribution in [3.63, 3.8) is 0 Å². The molecule has 0 unspecified atom stereocenters. The maximum Gasteiger partial charge on any atom is 0.343 e. The van der Waals surface area contributed by atoms with Gasteiger partial charge in [-0.05, 0) is 71.7 Å². The number of halogens is 1. The van der Waals surface area contributed by atoms with Crippen LogP contribution in [0, 0.1) is 13.8 Å². The first-order valence-electron chi connectivity index (χ1n) is 10.1. The van der Waals surface area contributed by atoms with Crippen LogP contribution in [-0.4, -0.2) is 31.7 Å². The zero-order valence-corrected chi connectivity index (χ0v) is 20.1. The Balaban J connectivity index is 1.61. The van der Waals surface area contributed by atoms with Crippen LogP contribution < -0.4 is 20.2 Å². The van der Waals surface area contributed by atoms with Gasteiger partial charge < -0.3 is 14.8 Å². The van der Waals surface area contributed by atoms with Crippen LogP contribution in [0.2, 0.25) is 0 Å². The van der Waals surface area contributed by atoms with Crippen LogP contribution in [0.5, 0.6) is 11.5 Å². The lowest BCUT2D eigenvalue weighted by Gasteiger charge is -2.12. The highest BCUT2D eigenvalue weighted by molar-refractivity contribution is 9.10. The number of nitrogens with zero attached hydrogens (tertiary/aromatic N) is 1. The Bertz CT molecular complexity index is 1160. The number of hydrogen-bond acceptors (Lipinski definition) is 6. The molecular formula is C25H24BrN3O4. The third-order valence-corrected chi connectivity index (χ3v) is 5.23. The SMILES string of the molecule is COc1cc(/C=N\NC(=O)CNc2ccc(C)cc2)cc(Br)c1OC(=O)c1ccc(C)cc1. The lowest BCUT2D eigenvalue weighted by Crippen LogP contribution is -2.25. The second kappa shape index (κ2) is 11.3. The van der Waals surface area contributed by atoms with Gasteiger partial charge in [0, 0.05) is 5.69 Å². The Kier molecular flexibility index (Phi) is 8.21. The molecule has 7 nitrogen and oxygen atoms in total. The molecule has 0 radical (unpaired) electrons. The van der Waals surface area contributed by atoms with E-state index in [9.17, 15) is 9.59 Å². The molecule has 0 aliphatic heterocycles. The second-order valence-corrected chi connectivity index (χ2v) is 8.16. The lowest BCUT2D eigenvalue weighted by atomic mass is 10.1. The van der Waals surface area contributed by atoms with Crippen LogP contribution >= 0.6 is 15.9 Å². The summed E-state index contributed by atoms with van der Waals surface area (Å²) in [6, 6.07) is 18.2. The van der Waals surface area contributed by atoms with Crippen molar-refractivity contribution in [1.29, 1.82) is 0 Å². The highest BCUT2D eigenvalue weighted by Gasteiger charge is 2.16. The minimum absolute atomic E-state index is 0.0846. The smallest absolute Gasteiger partial charge is 0.343 e. The molecule has 170 valence electrons. The van der Waals surface area contributed by atoms with E-state index in [2.05, 4.69) is 31.8 Å². The molecule has 0 saturated heterocycles. The van der Waals surface area contributed by atoms with E-state index in [0.717, 1.165) is 16.8 Å². The van der Waals surface area contributed by atoms with E-state index in [1.54, 1.807) is 24.3 Å². The van der Waals surface area contributed by atoms with Gasteiger partial charge in [-0.3, -0.25) is 4.79 Å². The summed E-state index contributed by atoms with van der Waals surface area (Å²) in [6.45, 7) is 4.03. The van der Waals surface area contributed by atoms with Gasteiger partial charge in [0.1, 0.15) is 0 Å². The van der Waals surface area contributed by atoms with Crippen LogP contribution in [0.1, 0.15) is 27.0 Å². The molecule has 1 amide bonds. The molecule has 0 aromatic heterocycles. The lowest BCUT2D eigenvalue weighted by molar-refractivity contribution is -0.119. The van der Waals surface area contributed by atoms with Gasteiger partial charge in [-0.2, -0.15) is 5.10 Å². The first-order valence-corrected chi connectivity index (χ1v) is 10.9.